The summed E-state index contributed by atoms with van der Waals surface area (Å²) in [5.74, 6) is 0.0889. The number of piperidine rings is 1. The lowest BCUT2D eigenvalue weighted by atomic mass is 10.1. The molecule has 2 aliphatic rings. The maximum Gasteiger partial charge on any atom is 0.241 e. The largest absolute Gasteiger partial charge is 0.378 e. The number of nitrogens with one attached hydrogen (secondary N) is 1. The Morgan fingerprint density at radius 1 is 1.04 bits per heavy atom. The van der Waals surface area contributed by atoms with E-state index in [-0.39, 0.29) is 11.9 Å². The van der Waals surface area contributed by atoms with E-state index in [1.54, 1.807) is 0 Å². The number of hydrogen-bond acceptors (Lipinski definition) is 4. The number of likely N-dealkylation sites (tertiary alicyclic amines) is 1. The van der Waals surface area contributed by atoms with Crippen molar-refractivity contribution in [1.82, 2.24) is 4.90 Å². The van der Waals surface area contributed by atoms with E-state index in [0.29, 0.717) is 0 Å². The van der Waals surface area contributed by atoms with E-state index in [2.05, 4.69) is 27.2 Å². The number of carbonyl (C=O) groups is 1. The van der Waals surface area contributed by atoms with Crippen LogP contribution < -0.4 is 10.2 Å². The van der Waals surface area contributed by atoms with E-state index in [4.69, 9.17) is 4.74 Å². The molecule has 0 aliphatic carbocycles. The highest BCUT2D eigenvalue weighted by Gasteiger charge is 2.22. The Balaban J connectivity index is 1.55. The van der Waals surface area contributed by atoms with Crippen LogP contribution in [0.25, 0.3) is 0 Å². The van der Waals surface area contributed by atoms with E-state index >= 15 is 0 Å². The first-order valence-corrected chi connectivity index (χ1v) is 8.72. The summed E-state index contributed by atoms with van der Waals surface area (Å²) in [4.78, 5) is 17.0. The summed E-state index contributed by atoms with van der Waals surface area (Å²) in [6, 6.07) is 8.07. The first-order valence-electron chi connectivity index (χ1n) is 8.72. The van der Waals surface area contributed by atoms with Crippen LogP contribution >= 0.6 is 0 Å². The number of carbonyl (C=O) groups excluding carboxylic acids is 1. The molecule has 1 amide bonds. The van der Waals surface area contributed by atoms with Crippen LogP contribution in [0.5, 0.6) is 0 Å². The van der Waals surface area contributed by atoms with Crippen molar-refractivity contribution in [1.29, 1.82) is 0 Å². The van der Waals surface area contributed by atoms with Gasteiger partial charge in [-0.25, -0.2) is 0 Å². The van der Waals surface area contributed by atoms with Crippen molar-refractivity contribution in [3.05, 3.63) is 24.3 Å². The first-order chi connectivity index (χ1) is 11.2. The Kier molecular flexibility index (Phi) is 5.51. The van der Waals surface area contributed by atoms with Gasteiger partial charge in [-0.05, 0) is 57.1 Å². The van der Waals surface area contributed by atoms with Gasteiger partial charge in [0.05, 0.1) is 19.3 Å². The Bertz CT molecular complexity index is 506. The molecule has 5 nitrogen and oxygen atoms in total. The molecule has 2 aliphatic heterocycles. The fourth-order valence-corrected chi connectivity index (χ4v) is 3.30. The number of benzene rings is 1. The van der Waals surface area contributed by atoms with Crippen molar-refractivity contribution >= 4 is 17.3 Å². The molecule has 1 aromatic carbocycles. The molecule has 23 heavy (non-hydrogen) atoms. The zero-order chi connectivity index (χ0) is 16.1. The second-order valence-corrected chi connectivity index (χ2v) is 6.41. The van der Waals surface area contributed by atoms with Gasteiger partial charge in [-0.3, -0.25) is 9.69 Å². The molecule has 3 rings (SSSR count). The topological polar surface area (TPSA) is 44.8 Å². The average molecular weight is 317 g/mol. The summed E-state index contributed by atoms with van der Waals surface area (Å²) < 4.78 is 5.38. The van der Waals surface area contributed by atoms with Crippen LogP contribution in [-0.4, -0.2) is 56.2 Å². The highest BCUT2D eigenvalue weighted by molar-refractivity contribution is 5.94. The maximum absolute atomic E-state index is 12.4. The van der Waals surface area contributed by atoms with Crippen LogP contribution in [0.2, 0.25) is 0 Å². The lowest BCUT2D eigenvalue weighted by molar-refractivity contribution is -0.121. The molecule has 1 atom stereocenters. The molecule has 0 saturated carbocycles. The van der Waals surface area contributed by atoms with Crippen molar-refractivity contribution in [2.24, 2.45) is 0 Å². The molecular weight excluding hydrogens is 290 g/mol. The summed E-state index contributed by atoms with van der Waals surface area (Å²) in [5.41, 5.74) is 2.06. The lowest BCUT2D eigenvalue weighted by Crippen LogP contribution is -2.44. The predicted molar refractivity (Wildman–Crippen MR) is 93.0 cm³/mol. The van der Waals surface area contributed by atoms with Gasteiger partial charge < -0.3 is 15.0 Å². The summed E-state index contributed by atoms with van der Waals surface area (Å²) in [7, 11) is 0. The van der Waals surface area contributed by atoms with Crippen LogP contribution in [0.3, 0.4) is 0 Å². The van der Waals surface area contributed by atoms with Crippen LogP contribution in [0.1, 0.15) is 26.2 Å². The molecule has 2 fully saturated rings. The highest BCUT2D eigenvalue weighted by Crippen LogP contribution is 2.20. The molecule has 0 bridgehead atoms. The zero-order valence-electron chi connectivity index (χ0n) is 14.0. The Hall–Kier alpha value is -1.59. The summed E-state index contributed by atoms with van der Waals surface area (Å²) in [6.07, 6.45) is 3.69. The maximum atomic E-state index is 12.4. The van der Waals surface area contributed by atoms with Gasteiger partial charge in [-0.15, -0.1) is 0 Å². The van der Waals surface area contributed by atoms with Crippen molar-refractivity contribution in [2.75, 3.05) is 49.6 Å². The summed E-state index contributed by atoms with van der Waals surface area (Å²) in [6.45, 7) is 7.49. The minimum absolute atomic E-state index is 0.0609. The molecule has 0 aromatic heterocycles. The van der Waals surface area contributed by atoms with E-state index in [1.165, 1.54) is 24.9 Å². The molecule has 1 aromatic rings. The predicted octanol–water partition coefficient (Wildman–Crippen LogP) is 2.34. The van der Waals surface area contributed by atoms with E-state index in [0.717, 1.165) is 45.1 Å². The first kappa shape index (κ1) is 16.3. The van der Waals surface area contributed by atoms with Gasteiger partial charge in [0.15, 0.2) is 0 Å². The Morgan fingerprint density at radius 2 is 1.70 bits per heavy atom. The minimum atomic E-state index is -0.0609. The van der Waals surface area contributed by atoms with E-state index in [1.807, 2.05) is 19.1 Å². The standard InChI is InChI=1S/C18H27N3O2/c1-15(20-9-3-2-4-10-20)18(22)19-16-5-7-17(8-6-16)21-11-13-23-14-12-21/h5-8,15H,2-4,9-14H2,1H3,(H,19,22). The second-order valence-electron chi connectivity index (χ2n) is 6.41. The van der Waals surface area contributed by atoms with Gasteiger partial charge in [0, 0.05) is 24.5 Å². The van der Waals surface area contributed by atoms with E-state index < -0.39 is 0 Å². The monoisotopic (exact) mass is 317 g/mol. The zero-order valence-corrected chi connectivity index (χ0v) is 14.0. The quantitative estimate of drug-likeness (QED) is 0.926. The molecule has 1 unspecified atom stereocenters. The van der Waals surface area contributed by atoms with Gasteiger partial charge in [0.25, 0.3) is 0 Å². The fourth-order valence-electron chi connectivity index (χ4n) is 3.30. The molecular formula is C18H27N3O2. The van der Waals surface area contributed by atoms with Gasteiger partial charge >= 0.3 is 0 Å². The molecule has 5 heteroatoms. The number of rotatable bonds is 4. The number of nitrogens with zero attached hydrogens (tertiary/aromatic N) is 2. The molecule has 126 valence electrons. The third kappa shape index (κ3) is 4.24. The number of morpholine rings is 1. The normalized spacial score (nSPS) is 21.0. The molecule has 2 saturated heterocycles. The third-order valence-corrected chi connectivity index (χ3v) is 4.83. The third-order valence-electron chi connectivity index (χ3n) is 4.83. The van der Waals surface area contributed by atoms with Crippen LogP contribution in [-0.2, 0) is 9.53 Å². The fraction of sp³-hybridized carbons (Fsp3) is 0.611. The Morgan fingerprint density at radius 3 is 2.35 bits per heavy atom. The molecule has 0 spiro atoms. The van der Waals surface area contributed by atoms with Crippen LogP contribution in [0.15, 0.2) is 24.3 Å². The van der Waals surface area contributed by atoms with Gasteiger partial charge in [-0.1, -0.05) is 6.42 Å². The van der Waals surface area contributed by atoms with Crippen molar-refractivity contribution in [3.8, 4) is 0 Å². The number of ether oxygens (including phenoxy) is 1. The molecule has 1 N–H and O–H groups in total. The van der Waals surface area contributed by atoms with Crippen molar-refractivity contribution < 1.29 is 9.53 Å². The van der Waals surface area contributed by atoms with Crippen LogP contribution in [0, 0.1) is 0 Å². The minimum Gasteiger partial charge on any atom is -0.378 e. The van der Waals surface area contributed by atoms with Gasteiger partial charge in [0.2, 0.25) is 5.91 Å². The SMILES string of the molecule is CC(C(=O)Nc1ccc(N2CCOCC2)cc1)N1CCCCC1. The number of anilines is 2. The lowest BCUT2D eigenvalue weighted by Gasteiger charge is -2.31. The van der Waals surface area contributed by atoms with Crippen molar-refractivity contribution in [3.63, 3.8) is 0 Å². The van der Waals surface area contributed by atoms with Crippen LogP contribution in [0.4, 0.5) is 11.4 Å². The second kappa shape index (κ2) is 7.79. The smallest absolute Gasteiger partial charge is 0.241 e. The van der Waals surface area contributed by atoms with Gasteiger partial charge in [-0.2, -0.15) is 0 Å². The number of amides is 1. The molecule has 2 heterocycles. The summed E-state index contributed by atoms with van der Waals surface area (Å²) in [5, 5.41) is 3.05. The van der Waals surface area contributed by atoms with Crippen molar-refractivity contribution in [2.45, 2.75) is 32.2 Å². The average Bonchev–Trinajstić information content (AvgIpc) is 2.63. The highest BCUT2D eigenvalue weighted by atomic mass is 16.5. The van der Waals surface area contributed by atoms with Gasteiger partial charge in [0.1, 0.15) is 0 Å². The number of hydrogen-bond donors (Lipinski definition) is 1. The summed E-state index contributed by atoms with van der Waals surface area (Å²) >= 11 is 0. The Labute approximate surface area is 138 Å². The van der Waals surface area contributed by atoms with E-state index in [9.17, 15) is 4.79 Å². The molecule has 0 radical (unpaired) electrons.